The van der Waals surface area contributed by atoms with Gasteiger partial charge in [0.25, 0.3) is 5.91 Å². The maximum absolute atomic E-state index is 12.1. The highest BCUT2D eigenvalue weighted by Crippen LogP contribution is 2.35. The highest BCUT2D eigenvalue weighted by Gasteiger charge is 2.52. The van der Waals surface area contributed by atoms with Crippen LogP contribution >= 0.6 is 0 Å². The van der Waals surface area contributed by atoms with E-state index < -0.39 is 23.3 Å². The normalized spacial score (nSPS) is 29.0. The van der Waals surface area contributed by atoms with Crippen molar-refractivity contribution in [3.8, 4) is 0 Å². The van der Waals surface area contributed by atoms with Crippen LogP contribution in [0, 0.1) is 5.92 Å². The van der Waals surface area contributed by atoms with Crippen molar-refractivity contribution in [2.75, 3.05) is 6.54 Å². The van der Waals surface area contributed by atoms with Crippen molar-refractivity contribution >= 4 is 18.0 Å². The fourth-order valence-electron chi connectivity index (χ4n) is 3.01. The van der Waals surface area contributed by atoms with Crippen LogP contribution in [0.5, 0.6) is 0 Å². The number of imide groups is 1. The van der Waals surface area contributed by atoms with Crippen molar-refractivity contribution in [3.05, 3.63) is 0 Å². The molecule has 1 saturated carbocycles. The van der Waals surface area contributed by atoms with Gasteiger partial charge in [-0.1, -0.05) is 12.8 Å². The van der Waals surface area contributed by atoms with Crippen LogP contribution in [0.25, 0.3) is 0 Å². The lowest BCUT2D eigenvalue weighted by Crippen LogP contribution is -2.57. The summed E-state index contributed by atoms with van der Waals surface area (Å²) in [6, 6.07) is -0.454. The van der Waals surface area contributed by atoms with Crippen LogP contribution in [0.15, 0.2) is 0 Å². The van der Waals surface area contributed by atoms with Crippen LogP contribution in [-0.4, -0.2) is 35.7 Å². The Balaban J connectivity index is 1.99. The van der Waals surface area contributed by atoms with Gasteiger partial charge in [-0.3, -0.25) is 10.1 Å². The summed E-state index contributed by atoms with van der Waals surface area (Å²) in [5, 5.41) is 7.75. The highest BCUT2D eigenvalue weighted by molar-refractivity contribution is 6.07. The molecule has 2 aliphatic rings. The second-order valence-electron chi connectivity index (χ2n) is 6.71. The van der Waals surface area contributed by atoms with Gasteiger partial charge in [0.2, 0.25) is 0 Å². The molecule has 1 spiro atoms. The summed E-state index contributed by atoms with van der Waals surface area (Å²) in [6.07, 6.45) is 2.74. The lowest BCUT2D eigenvalue weighted by atomic mass is 9.72. The van der Waals surface area contributed by atoms with E-state index >= 15 is 0 Å². The van der Waals surface area contributed by atoms with E-state index in [-0.39, 0.29) is 11.8 Å². The average molecular weight is 297 g/mol. The Kier molecular flexibility index (Phi) is 4.11. The van der Waals surface area contributed by atoms with Gasteiger partial charge in [-0.15, -0.1) is 0 Å². The molecule has 3 N–H and O–H groups in total. The molecule has 2 unspecified atom stereocenters. The van der Waals surface area contributed by atoms with Gasteiger partial charge < -0.3 is 15.4 Å². The van der Waals surface area contributed by atoms with Gasteiger partial charge in [0, 0.05) is 12.5 Å². The number of rotatable bonds is 2. The summed E-state index contributed by atoms with van der Waals surface area (Å²) in [4.78, 5) is 35.3. The molecule has 0 aromatic heterocycles. The predicted octanol–water partition coefficient (Wildman–Crippen LogP) is 1.28. The molecule has 2 rings (SSSR count). The summed E-state index contributed by atoms with van der Waals surface area (Å²) in [5.74, 6) is -0.409. The zero-order valence-electron chi connectivity index (χ0n) is 12.7. The topological polar surface area (TPSA) is 96.5 Å². The van der Waals surface area contributed by atoms with Crippen molar-refractivity contribution in [1.82, 2.24) is 16.0 Å². The van der Waals surface area contributed by atoms with Crippen molar-refractivity contribution < 1.29 is 19.1 Å². The average Bonchev–Trinajstić information content (AvgIpc) is 2.61. The molecule has 118 valence electrons. The van der Waals surface area contributed by atoms with Gasteiger partial charge in [0.1, 0.15) is 11.1 Å². The van der Waals surface area contributed by atoms with Crippen molar-refractivity contribution in [1.29, 1.82) is 0 Å². The Morgan fingerprint density at radius 2 is 2.10 bits per heavy atom. The third-order valence-electron chi connectivity index (χ3n) is 3.93. The van der Waals surface area contributed by atoms with E-state index in [2.05, 4.69) is 16.0 Å². The third kappa shape index (κ3) is 3.46. The second kappa shape index (κ2) is 5.54. The molecule has 4 amide bonds. The highest BCUT2D eigenvalue weighted by atomic mass is 16.6. The van der Waals surface area contributed by atoms with Crippen LogP contribution in [0.4, 0.5) is 9.59 Å². The maximum Gasteiger partial charge on any atom is 0.407 e. The van der Waals surface area contributed by atoms with Crippen molar-refractivity contribution in [3.63, 3.8) is 0 Å². The smallest absolute Gasteiger partial charge is 0.407 e. The number of hydrogen-bond donors (Lipinski definition) is 3. The van der Waals surface area contributed by atoms with Gasteiger partial charge >= 0.3 is 12.1 Å². The Morgan fingerprint density at radius 1 is 1.38 bits per heavy atom. The molecule has 1 heterocycles. The van der Waals surface area contributed by atoms with Gasteiger partial charge in [0.05, 0.1) is 0 Å². The molecule has 0 bridgehead atoms. The van der Waals surface area contributed by atoms with Gasteiger partial charge in [-0.25, -0.2) is 9.59 Å². The number of nitrogens with one attached hydrogen (secondary N) is 3. The number of carbonyl (C=O) groups excluding carboxylic acids is 3. The Morgan fingerprint density at radius 3 is 2.67 bits per heavy atom. The molecule has 0 aromatic carbocycles. The Bertz CT molecular complexity index is 458. The van der Waals surface area contributed by atoms with Gasteiger partial charge in [0.15, 0.2) is 0 Å². The maximum atomic E-state index is 12.1. The fraction of sp³-hybridized carbons (Fsp3) is 0.786. The van der Waals surface area contributed by atoms with E-state index in [1.165, 1.54) is 0 Å². The summed E-state index contributed by atoms with van der Waals surface area (Å²) in [6.45, 7) is 5.68. The monoisotopic (exact) mass is 297 g/mol. The number of ether oxygens (including phenoxy) is 1. The van der Waals surface area contributed by atoms with Crippen LogP contribution in [-0.2, 0) is 9.53 Å². The summed E-state index contributed by atoms with van der Waals surface area (Å²) < 4.78 is 5.19. The van der Waals surface area contributed by atoms with Crippen LogP contribution in [0.3, 0.4) is 0 Å². The quantitative estimate of drug-likeness (QED) is 0.669. The first-order valence-corrected chi connectivity index (χ1v) is 7.33. The lowest BCUT2D eigenvalue weighted by molar-refractivity contribution is -0.127. The Labute approximate surface area is 124 Å². The molecule has 7 heteroatoms. The zero-order chi connectivity index (χ0) is 15.7. The van der Waals surface area contributed by atoms with E-state index in [1.807, 2.05) is 0 Å². The molecule has 0 radical (unpaired) electrons. The summed E-state index contributed by atoms with van der Waals surface area (Å²) >= 11 is 0. The third-order valence-corrected chi connectivity index (χ3v) is 3.93. The molecule has 1 aliphatic carbocycles. The van der Waals surface area contributed by atoms with E-state index in [1.54, 1.807) is 20.8 Å². The summed E-state index contributed by atoms with van der Waals surface area (Å²) in [5.41, 5.74) is -1.45. The molecule has 1 saturated heterocycles. The van der Waals surface area contributed by atoms with E-state index in [9.17, 15) is 14.4 Å². The fourth-order valence-corrected chi connectivity index (χ4v) is 3.01. The van der Waals surface area contributed by atoms with Crippen LogP contribution < -0.4 is 16.0 Å². The van der Waals surface area contributed by atoms with Crippen molar-refractivity contribution in [2.24, 2.45) is 5.92 Å². The minimum Gasteiger partial charge on any atom is -0.444 e. The number of urea groups is 1. The van der Waals surface area contributed by atoms with E-state index in [0.717, 1.165) is 19.3 Å². The molecule has 1 aliphatic heterocycles. The zero-order valence-corrected chi connectivity index (χ0v) is 12.7. The van der Waals surface area contributed by atoms with Crippen LogP contribution in [0.1, 0.15) is 46.5 Å². The van der Waals surface area contributed by atoms with Crippen molar-refractivity contribution in [2.45, 2.75) is 57.6 Å². The largest absolute Gasteiger partial charge is 0.444 e. The Hall–Kier alpha value is -1.79. The number of hydrogen-bond acceptors (Lipinski definition) is 4. The first-order valence-electron chi connectivity index (χ1n) is 7.33. The van der Waals surface area contributed by atoms with Gasteiger partial charge in [-0.2, -0.15) is 0 Å². The van der Waals surface area contributed by atoms with E-state index in [0.29, 0.717) is 13.0 Å². The first kappa shape index (κ1) is 15.6. The lowest BCUT2D eigenvalue weighted by Gasteiger charge is -2.38. The van der Waals surface area contributed by atoms with Gasteiger partial charge in [-0.05, 0) is 33.6 Å². The molecular weight excluding hydrogens is 274 g/mol. The minimum absolute atomic E-state index is 0.120. The molecule has 7 nitrogen and oxygen atoms in total. The number of carbonyl (C=O) groups is 3. The number of amides is 4. The first-order chi connectivity index (χ1) is 9.73. The standard InChI is InChI=1S/C14H23N3O4/c1-13(2,3)21-12(20)15-8-9-6-4-5-7-14(9)10(18)16-11(19)17-14/h9H,4-8H2,1-3H3,(H,15,20)(H2,16,17,18,19). The van der Waals surface area contributed by atoms with E-state index in [4.69, 9.17) is 4.74 Å². The second-order valence-corrected chi connectivity index (χ2v) is 6.71. The molecular formula is C14H23N3O4. The molecule has 2 atom stereocenters. The summed E-state index contributed by atoms with van der Waals surface area (Å²) in [7, 11) is 0. The SMILES string of the molecule is CC(C)(C)OC(=O)NCC1CCCCC12NC(=O)NC2=O. The molecule has 0 aromatic rings. The molecule has 2 fully saturated rings. The van der Waals surface area contributed by atoms with Crippen LogP contribution in [0.2, 0.25) is 0 Å². The molecule has 21 heavy (non-hydrogen) atoms. The minimum atomic E-state index is -0.885. The number of alkyl carbamates (subject to hydrolysis) is 1. The predicted molar refractivity (Wildman–Crippen MR) is 75.6 cm³/mol.